The molecule has 5 rings (SSSR count). The molecule has 10 heteroatoms. The number of carbonyl (C=O) groups is 2. The van der Waals surface area contributed by atoms with Gasteiger partial charge in [-0.25, -0.2) is 9.96 Å². The Kier molecular flexibility index (Phi) is 6.98. The number of benzene rings is 3. The molecule has 2 aliphatic heterocycles. The topological polar surface area (TPSA) is 68.3 Å². The van der Waals surface area contributed by atoms with Gasteiger partial charge >= 0.3 is 6.36 Å². The Hall–Kier alpha value is -4.05. The first kappa shape index (κ1) is 25.6. The number of anilines is 2. The first-order valence-corrected chi connectivity index (χ1v) is 12.2. The molecule has 0 aromatic heterocycles. The van der Waals surface area contributed by atoms with E-state index in [1.807, 2.05) is 6.07 Å². The molecule has 3 atom stereocenters. The highest BCUT2D eigenvalue weighted by molar-refractivity contribution is 6.23. The molecule has 2 heterocycles. The molecule has 0 radical (unpaired) electrons. The Labute approximate surface area is 217 Å². The van der Waals surface area contributed by atoms with Crippen LogP contribution in [0.1, 0.15) is 31.4 Å². The maximum Gasteiger partial charge on any atom is 0.573 e. The Morgan fingerprint density at radius 1 is 0.842 bits per heavy atom. The first-order valence-electron chi connectivity index (χ1n) is 12.2. The van der Waals surface area contributed by atoms with E-state index in [0.717, 1.165) is 17.7 Å². The molecular formula is C28H25F3N2O5. The van der Waals surface area contributed by atoms with E-state index in [9.17, 15) is 22.8 Å². The van der Waals surface area contributed by atoms with Crippen LogP contribution in [0.4, 0.5) is 24.5 Å². The number of hydroxylamine groups is 1. The first-order chi connectivity index (χ1) is 18.3. The molecule has 2 fully saturated rings. The van der Waals surface area contributed by atoms with Gasteiger partial charge in [-0.15, -0.1) is 13.2 Å². The molecular weight excluding hydrogens is 501 g/mol. The quantitative estimate of drug-likeness (QED) is 0.272. The summed E-state index contributed by atoms with van der Waals surface area (Å²) in [4.78, 5) is 34.3. The molecule has 2 aliphatic rings. The van der Waals surface area contributed by atoms with E-state index in [1.165, 1.54) is 29.3 Å². The molecule has 198 valence electrons. The van der Waals surface area contributed by atoms with Crippen LogP contribution in [0.25, 0.3) is 0 Å². The number of carbonyl (C=O) groups excluding carboxylic acids is 2. The van der Waals surface area contributed by atoms with E-state index < -0.39 is 36.2 Å². The highest BCUT2D eigenvalue weighted by Crippen LogP contribution is 2.48. The normalized spacial score (nSPS) is 21.1. The van der Waals surface area contributed by atoms with Gasteiger partial charge in [-0.3, -0.25) is 14.4 Å². The fraction of sp³-hybridized carbons (Fsp3) is 0.286. The summed E-state index contributed by atoms with van der Waals surface area (Å²) in [5, 5.41) is 1.48. The van der Waals surface area contributed by atoms with Crippen LogP contribution in [0, 0.1) is 5.92 Å². The summed E-state index contributed by atoms with van der Waals surface area (Å²) in [6, 6.07) is 20.1. The van der Waals surface area contributed by atoms with Crippen LogP contribution >= 0.6 is 0 Å². The van der Waals surface area contributed by atoms with E-state index in [2.05, 4.69) is 11.7 Å². The van der Waals surface area contributed by atoms with Gasteiger partial charge in [0.15, 0.2) is 6.10 Å². The Morgan fingerprint density at radius 2 is 1.50 bits per heavy atom. The van der Waals surface area contributed by atoms with Crippen molar-refractivity contribution in [2.24, 2.45) is 5.92 Å². The molecule has 38 heavy (non-hydrogen) atoms. The van der Waals surface area contributed by atoms with Crippen molar-refractivity contribution in [2.45, 2.75) is 38.3 Å². The molecule has 0 aliphatic carbocycles. The van der Waals surface area contributed by atoms with Crippen LogP contribution in [-0.4, -0.2) is 30.9 Å². The number of rotatable bonds is 8. The lowest BCUT2D eigenvalue weighted by Gasteiger charge is -2.29. The SMILES string of the molecule is CCCCOc1ccc(N2C(=O)[C@@H]3[C@@H](c4ccc(OC(F)(F)F)cc4)N(c4ccccc4)O[C@H]3C2=O)cc1. The molecule has 3 aromatic rings. The highest BCUT2D eigenvalue weighted by atomic mass is 19.4. The number of unbranched alkanes of at least 4 members (excludes halogenated alkanes) is 1. The number of hydrogen-bond donors (Lipinski definition) is 0. The highest BCUT2D eigenvalue weighted by Gasteiger charge is 2.60. The number of nitrogens with zero attached hydrogens (tertiary/aromatic N) is 2. The van der Waals surface area contributed by atoms with E-state index in [4.69, 9.17) is 9.57 Å². The molecule has 0 spiro atoms. The van der Waals surface area contributed by atoms with Gasteiger partial charge in [0.25, 0.3) is 5.91 Å². The zero-order valence-electron chi connectivity index (χ0n) is 20.4. The predicted molar refractivity (Wildman–Crippen MR) is 132 cm³/mol. The van der Waals surface area contributed by atoms with Crippen molar-refractivity contribution in [3.05, 3.63) is 84.4 Å². The average Bonchev–Trinajstić information content (AvgIpc) is 3.41. The molecule has 2 saturated heterocycles. The third kappa shape index (κ3) is 5.04. The van der Waals surface area contributed by atoms with Crippen molar-refractivity contribution >= 4 is 23.2 Å². The fourth-order valence-corrected chi connectivity index (χ4v) is 4.70. The minimum Gasteiger partial charge on any atom is -0.494 e. The molecule has 0 unspecified atom stereocenters. The number of para-hydroxylation sites is 1. The second kappa shape index (κ2) is 10.4. The van der Waals surface area contributed by atoms with Crippen molar-refractivity contribution < 1.29 is 37.1 Å². The van der Waals surface area contributed by atoms with Crippen molar-refractivity contribution in [1.82, 2.24) is 0 Å². The maximum atomic E-state index is 13.7. The van der Waals surface area contributed by atoms with Gasteiger partial charge in [0.05, 0.1) is 24.0 Å². The van der Waals surface area contributed by atoms with Crippen LogP contribution in [0.2, 0.25) is 0 Å². The summed E-state index contributed by atoms with van der Waals surface area (Å²) >= 11 is 0. The smallest absolute Gasteiger partial charge is 0.494 e. The van der Waals surface area contributed by atoms with Crippen molar-refractivity contribution in [1.29, 1.82) is 0 Å². The second-order valence-electron chi connectivity index (χ2n) is 8.98. The summed E-state index contributed by atoms with van der Waals surface area (Å²) in [7, 11) is 0. The van der Waals surface area contributed by atoms with Crippen molar-refractivity contribution in [3.63, 3.8) is 0 Å². The molecule has 3 aromatic carbocycles. The van der Waals surface area contributed by atoms with E-state index >= 15 is 0 Å². The summed E-state index contributed by atoms with van der Waals surface area (Å²) in [6.07, 6.45) is -4.02. The minimum absolute atomic E-state index is 0.389. The molecule has 2 amide bonds. The largest absolute Gasteiger partial charge is 0.573 e. The van der Waals surface area contributed by atoms with Crippen LogP contribution in [0.3, 0.4) is 0 Å². The Morgan fingerprint density at radius 3 is 2.13 bits per heavy atom. The lowest BCUT2D eigenvalue weighted by molar-refractivity contribution is -0.274. The third-order valence-corrected chi connectivity index (χ3v) is 6.44. The third-order valence-electron chi connectivity index (χ3n) is 6.44. The van der Waals surface area contributed by atoms with Gasteiger partial charge in [-0.2, -0.15) is 0 Å². The van der Waals surface area contributed by atoms with Crippen LogP contribution in [0.5, 0.6) is 11.5 Å². The van der Waals surface area contributed by atoms with Crippen molar-refractivity contribution in [3.8, 4) is 11.5 Å². The van der Waals surface area contributed by atoms with Gasteiger partial charge in [0.1, 0.15) is 17.4 Å². The minimum atomic E-state index is -4.83. The predicted octanol–water partition coefficient (Wildman–Crippen LogP) is 5.82. The molecule has 0 N–H and O–H groups in total. The van der Waals surface area contributed by atoms with Crippen LogP contribution in [0.15, 0.2) is 78.9 Å². The number of imide groups is 1. The lowest BCUT2D eigenvalue weighted by atomic mass is 9.90. The van der Waals surface area contributed by atoms with Gasteiger partial charge in [-0.1, -0.05) is 43.7 Å². The van der Waals surface area contributed by atoms with Gasteiger partial charge in [0, 0.05) is 0 Å². The van der Waals surface area contributed by atoms with Gasteiger partial charge < -0.3 is 9.47 Å². The monoisotopic (exact) mass is 526 g/mol. The molecule has 0 saturated carbocycles. The maximum absolute atomic E-state index is 13.7. The summed E-state index contributed by atoms with van der Waals surface area (Å²) in [5.74, 6) is -1.65. The number of ether oxygens (including phenoxy) is 2. The number of amides is 2. The Balaban J connectivity index is 1.45. The van der Waals surface area contributed by atoms with E-state index in [-0.39, 0.29) is 5.75 Å². The lowest BCUT2D eigenvalue weighted by Crippen LogP contribution is -2.37. The zero-order chi connectivity index (χ0) is 26.9. The number of fused-ring (bicyclic) bond motifs is 1. The summed E-state index contributed by atoms with van der Waals surface area (Å²) in [5.41, 5.74) is 1.49. The number of alkyl halides is 3. The van der Waals surface area contributed by atoms with E-state index in [1.54, 1.807) is 48.5 Å². The number of halogens is 3. The van der Waals surface area contributed by atoms with Crippen LogP contribution < -0.4 is 19.4 Å². The van der Waals surface area contributed by atoms with Crippen LogP contribution in [-0.2, 0) is 14.4 Å². The standard InChI is InChI=1S/C28H25F3N2O5/c1-2-3-17-36-21-15-11-19(12-16-21)32-26(34)23-24(18-9-13-22(14-10-18)37-28(29,30)31)33(38-25(23)27(32)35)20-7-5-4-6-8-20/h4-16,23-25H,2-3,17H2,1H3/t23-,24-,25-/m1/s1. The zero-order valence-corrected chi connectivity index (χ0v) is 20.4. The average molecular weight is 527 g/mol. The van der Waals surface area contributed by atoms with Crippen molar-refractivity contribution in [2.75, 3.05) is 16.6 Å². The van der Waals surface area contributed by atoms with E-state index in [0.29, 0.717) is 29.3 Å². The summed E-state index contributed by atoms with van der Waals surface area (Å²) < 4.78 is 47.6. The molecule has 7 nitrogen and oxygen atoms in total. The fourth-order valence-electron chi connectivity index (χ4n) is 4.70. The Bertz CT molecular complexity index is 1280. The van der Waals surface area contributed by atoms with Gasteiger partial charge in [0.2, 0.25) is 5.91 Å². The van der Waals surface area contributed by atoms with Gasteiger partial charge in [-0.05, 0) is 60.5 Å². The summed E-state index contributed by atoms with van der Waals surface area (Å²) in [6.45, 7) is 2.63. The number of hydrogen-bond acceptors (Lipinski definition) is 6. The second-order valence-corrected chi connectivity index (χ2v) is 8.98. The molecule has 0 bridgehead atoms.